The molecule has 1 heterocycles. The van der Waals surface area contributed by atoms with Gasteiger partial charge in [-0.3, -0.25) is 5.10 Å². The van der Waals surface area contributed by atoms with Crippen LogP contribution < -0.4 is 5.32 Å². The molecule has 7 nitrogen and oxygen atoms in total. The van der Waals surface area contributed by atoms with Crippen molar-refractivity contribution in [1.82, 2.24) is 15.5 Å². The number of alkyl halides is 1. The molecular weight excluding hydrogens is 370 g/mol. The van der Waals surface area contributed by atoms with E-state index in [0.29, 0.717) is 0 Å². The highest BCUT2D eigenvalue weighted by Gasteiger charge is 2.23. The number of hydrogen-bond acceptors (Lipinski definition) is 4. The molecule has 1 aromatic heterocycles. The number of aromatic amines is 1. The minimum Gasteiger partial charge on any atom is -0.480 e. The van der Waals surface area contributed by atoms with Crippen LogP contribution >= 0.6 is 11.6 Å². The van der Waals surface area contributed by atoms with Gasteiger partial charge < -0.3 is 15.2 Å². The summed E-state index contributed by atoms with van der Waals surface area (Å²) in [5, 5.41) is 19.5. The van der Waals surface area contributed by atoms with Crippen molar-refractivity contribution < 1.29 is 19.4 Å². The summed E-state index contributed by atoms with van der Waals surface area (Å²) in [4.78, 5) is 23.6. The second-order valence-corrected chi connectivity index (χ2v) is 6.24. The summed E-state index contributed by atoms with van der Waals surface area (Å²) in [5.74, 6) is -0.948. The number of carboxylic acids is 1. The van der Waals surface area contributed by atoms with E-state index in [1.807, 2.05) is 30.3 Å². The first kappa shape index (κ1) is 18.7. The molecule has 0 radical (unpaired) electrons. The first-order valence-corrected chi connectivity index (χ1v) is 8.81. The van der Waals surface area contributed by atoms with Crippen LogP contribution in [0.2, 0.25) is 0 Å². The molecule has 0 aliphatic carbocycles. The molecule has 0 aliphatic rings. The molecule has 140 valence electrons. The van der Waals surface area contributed by atoms with E-state index in [0.717, 1.165) is 27.6 Å². The van der Waals surface area contributed by atoms with Crippen molar-refractivity contribution in [3.63, 3.8) is 0 Å². The highest BCUT2D eigenvalue weighted by atomic mass is 35.5. The normalized spacial score (nSPS) is 11.9. The van der Waals surface area contributed by atoms with Gasteiger partial charge in [-0.25, -0.2) is 9.59 Å². The number of carbonyl (C=O) groups is 2. The molecule has 0 fully saturated rings. The highest BCUT2D eigenvalue weighted by Crippen LogP contribution is 2.24. The van der Waals surface area contributed by atoms with E-state index < -0.39 is 18.1 Å². The average Bonchev–Trinajstić information content (AvgIpc) is 3.15. The number of carboxylic acid groups (broad SMARTS) is 1. The second kappa shape index (κ2) is 8.55. The van der Waals surface area contributed by atoms with Crippen molar-refractivity contribution >= 4 is 34.6 Å². The Morgan fingerprint density at radius 3 is 2.70 bits per heavy atom. The lowest BCUT2D eigenvalue weighted by Gasteiger charge is -2.16. The van der Waals surface area contributed by atoms with Gasteiger partial charge in [0.2, 0.25) is 0 Å². The van der Waals surface area contributed by atoms with Gasteiger partial charge in [-0.15, -0.1) is 11.6 Å². The quantitative estimate of drug-likeness (QED) is 0.540. The monoisotopic (exact) mass is 387 g/mol. The minimum absolute atomic E-state index is 0.0624. The Morgan fingerprint density at radius 2 is 2.00 bits per heavy atom. The van der Waals surface area contributed by atoms with Crippen molar-refractivity contribution in [3.8, 4) is 0 Å². The van der Waals surface area contributed by atoms with Crippen LogP contribution in [0.1, 0.15) is 16.7 Å². The lowest BCUT2D eigenvalue weighted by molar-refractivity contribution is -0.139. The molecule has 27 heavy (non-hydrogen) atoms. The van der Waals surface area contributed by atoms with Gasteiger partial charge in [0.05, 0.1) is 11.7 Å². The number of amides is 1. The Bertz CT molecular complexity index is 943. The second-order valence-electron chi connectivity index (χ2n) is 5.97. The van der Waals surface area contributed by atoms with Crippen LogP contribution in [0, 0.1) is 0 Å². The number of carbonyl (C=O) groups excluding carboxylic acids is 1. The van der Waals surface area contributed by atoms with Crippen LogP contribution in [0.5, 0.6) is 0 Å². The van der Waals surface area contributed by atoms with Gasteiger partial charge in [0.1, 0.15) is 12.6 Å². The number of halogens is 1. The molecule has 0 spiro atoms. The molecule has 3 aromatic rings. The number of alkyl carbamates (subject to hydrolysis) is 1. The summed E-state index contributed by atoms with van der Waals surface area (Å²) in [6.07, 6.45) is 0.940. The van der Waals surface area contributed by atoms with Gasteiger partial charge in [-0.1, -0.05) is 36.4 Å². The number of nitrogens with zero attached hydrogens (tertiary/aromatic N) is 1. The highest BCUT2D eigenvalue weighted by molar-refractivity contribution is 6.18. The Morgan fingerprint density at radius 1 is 1.22 bits per heavy atom. The number of benzene rings is 2. The standard InChI is InChI=1S/C19H18ClN3O4/c20-9-14-13(6-7-16-15(14)10-21-23-16)8-17(18(24)25)22-19(26)27-11-12-4-2-1-3-5-12/h1-7,10,17H,8-9,11H2,(H,21,23)(H,22,26)(H,24,25). The summed E-state index contributed by atoms with van der Waals surface area (Å²) in [7, 11) is 0. The lowest BCUT2D eigenvalue weighted by Crippen LogP contribution is -2.42. The van der Waals surface area contributed by atoms with Crippen LogP contribution in [0.25, 0.3) is 10.9 Å². The third kappa shape index (κ3) is 4.57. The van der Waals surface area contributed by atoms with Gasteiger partial charge in [-0.05, 0) is 22.8 Å². The number of aliphatic carboxylic acids is 1. The Labute approximate surface area is 160 Å². The number of ether oxygens (including phenoxy) is 1. The van der Waals surface area contributed by atoms with Gasteiger partial charge >= 0.3 is 12.1 Å². The topological polar surface area (TPSA) is 104 Å². The molecule has 0 bridgehead atoms. The van der Waals surface area contributed by atoms with Crippen molar-refractivity contribution in [2.24, 2.45) is 0 Å². The first-order chi connectivity index (χ1) is 13.1. The Balaban J connectivity index is 1.69. The zero-order valence-electron chi connectivity index (χ0n) is 14.3. The van der Waals surface area contributed by atoms with Crippen LogP contribution in [-0.2, 0) is 28.4 Å². The first-order valence-electron chi connectivity index (χ1n) is 8.28. The van der Waals surface area contributed by atoms with Gasteiger partial charge in [0.25, 0.3) is 0 Å². The van der Waals surface area contributed by atoms with E-state index in [1.54, 1.807) is 18.3 Å². The molecule has 1 atom stereocenters. The fraction of sp³-hybridized carbons (Fsp3) is 0.211. The Kier molecular flexibility index (Phi) is 5.93. The zero-order chi connectivity index (χ0) is 19.2. The molecule has 0 saturated carbocycles. The molecule has 1 unspecified atom stereocenters. The number of rotatable bonds is 7. The average molecular weight is 388 g/mol. The smallest absolute Gasteiger partial charge is 0.408 e. The van der Waals surface area contributed by atoms with Crippen LogP contribution in [0.15, 0.2) is 48.7 Å². The molecule has 3 rings (SSSR count). The summed E-state index contributed by atoms with van der Waals surface area (Å²) in [5.41, 5.74) is 3.15. The fourth-order valence-corrected chi connectivity index (χ4v) is 3.11. The summed E-state index contributed by atoms with van der Waals surface area (Å²) >= 11 is 6.05. The largest absolute Gasteiger partial charge is 0.480 e. The molecule has 8 heteroatoms. The summed E-state index contributed by atoms with van der Waals surface area (Å²) in [6.45, 7) is 0.0624. The maximum absolute atomic E-state index is 12.0. The van der Waals surface area contributed by atoms with Gasteiger partial charge in [0, 0.05) is 17.7 Å². The van der Waals surface area contributed by atoms with Gasteiger partial charge in [0.15, 0.2) is 0 Å². The fourth-order valence-electron chi connectivity index (χ4n) is 2.80. The lowest BCUT2D eigenvalue weighted by atomic mass is 9.98. The predicted octanol–water partition coefficient (Wildman–Crippen LogP) is 3.22. The summed E-state index contributed by atoms with van der Waals surface area (Å²) < 4.78 is 5.11. The van der Waals surface area contributed by atoms with E-state index in [-0.39, 0.29) is 18.9 Å². The van der Waals surface area contributed by atoms with E-state index in [4.69, 9.17) is 16.3 Å². The maximum Gasteiger partial charge on any atom is 0.408 e. The van der Waals surface area contributed by atoms with Gasteiger partial charge in [-0.2, -0.15) is 5.10 Å². The van der Waals surface area contributed by atoms with Crippen molar-refractivity contribution in [3.05, 3.63) is 65.4 Å². The minimum atomic E-state index is -1.15. The molecule has 0 saturated heterocycles. The van der Waals surface area contributed by atoms with Crippen molar-refractivity contribution in [2.45, 2.75) is 24.9 Å². The zero-order valence-corrected chi connectivity index (χ0v) is 15.1. The van der Waals surface area contributed by atoms with Crippen LogP contribution in [0.3, 0.4) is 0 Å². The number of hydrogen-bond donors (Lipinski definition) is 3. The molecule has 1 amide bonds. The molecule has 3 N–H and O–H groups in total. The van der Waals surface area contributed by atoms with E-state index in [1.165, 1.54) is 0 Å². The number of H-pyrrole nitrogens is 1. The van der Waals surface area contributed by atoms with E-state index in [2.05, 4.69) is 15.5 Å². The van der Waals surface area contributed by atoms with E-state index >= 15 is 0 Å². The number of aromatic nitrogens is 2. The predicted molar refractivity (Wildman–Crippen MR) is 101 cm³/mol. The summed E-state index contributed by atoms with van der Waals surface area (Å²) in [6, 6.07) is 11.6. The van der Waals surface area contributed by atoms with Crippen molar-refractivity contribution in [2.75, 3.05) is 0 Å². The van der Waals surface area contributed by atoms with E-state index in [9.17, 15) is 14.7 Å². The van der Waals surface area contributed by atoms with Crippen LogP contribution in [0.4, 0.5) is 4.79 Å². The SMILES string of the molecule is O=C(NC(Cc1ccc2[nH]ncc2c1CCl)C(=O)O)OCc1ccccc1. The number of nitrogens with one attached hydrogen (secondary N) is 2. The molecular formula is C19H18ClN3O4. The van der Waals surface area contributed by atoms with Crippen LogP contribution in [-0.4, -0.2) is 33.4 Å². The third-order valence-corrected chi connectivity index (χ3v) is 4.46. The molecule has 0 aliphatic heterocycles. The third-order valence-electron chi connectivity index (χ3n) is 4.19. The maximum atomic E-state index is 12.0. The molecule has 2 aromatic carbocycles. The van der Waals surface area contributed by atoms with Crippen molar-refractivity contribution in [1.29, 1.82) is 0 Å². The number of fused-ring (bicyclic) bond motifs is 1. The Hall–Kier alpha value is -3.06.